The summed E-state index contributed by atoms with van der Waals surface area (Å²) in [5.41, 5.74) is 9.30. The summed E-state index contributed by atoms with van der Waals surface area (Å²) in [6.45, 7) is 0.491. The van der Waals surface area contributed by atoms with Gasteiger partial charge >= 0.3 is 0 Å². The monoisotopic (exact) mass is 403 g/mol. The highest BCUT2D eigenvalue weighted by Crippen LogP contribution is 2.21. The second-order valence-corrected chi connectivity index (χ2v) is 7.57. The van der Waals surface area contributed by atoms with Crippen LogP contribution in [0.15, 0.2) is 60.8 Å². The van der Waals surface area contributed by atoms with Crippen LogP contribution in [0.4, 0.5) is 5.69 Å². The van der Waals surface area contributed by atoms with Crippen molar-refractivity contribution >= 4 is 28.4 Å². The van der Waals surface area contributed by atoms with Crippen molar-refractivity contribution in [3.8, 4) is 0 Å². The molecular weight excluding hydrogens is 378 g/mol. The molecule has 30 heavy (non-hydrogen) atoms. The third-order valence-corrected chi connectivity index (χ3v) is 5.26. The van der Waals surface area contributed by atoms with Crippen molar-refractivity contribution in [2.24, 2.45) is 5.73 Å². The highest BCUT2D eigenvalue weighted by molar-refractivity contribution is 5.96. The fourth-order valence-corrected chi connectivity index (χ4v) is 3.75. The van der Waals surface area contributed by atoms with Crippen LogP contribution in [0.5, 0.6) is 0 Å². The maximum Gasteiger partial charge on any atom is 0.241 e. The van der Waals surface area contributed by atoms with Gasteiger partial charge in [-0.3, -0.25) is 14.6 Å². The number of nitrogens with one attached hydrogen (secondary N) is 3. The fourth-order valence-electron chi connectivity index (χ4n) is 3.75. The number of aromatic nitrogens is 1. The summed E-state index contributed by atoms with van der Waals surface area (Å²) >= 11 is 0. The predicted octanol–water partition coefficient (Wildman–Crippen LogP) is 1.57. The number of nitrogens with zero attached hydrogens (tertiary/aromatic N) is 1. The number of carbonyl (C=O) groups is 2. The van der Waals surface area contributed by atoms with E-state index in [4.69, 9.17) is 5.73 Å². The van der Waals surface area contributed by atoms with Crippen LogP contribution in [0.25, 0.3) is 10.9 Å². The largest absolute Gasteiger partial charge is 0.351 e. The Kier molecular flexibility index (Phi) is 6.02. The first kappa shape index (κ1) is 20.0. The Morgan fingerprint density at radius 3 is 2.73 bits per heavy atom. The van der Waals surface area contributed by atoms with Crippen LogP contribution in [-0.4, -0.2) is 42.0 Å². The average molecular weight is 403 g/mol. The van der Waals surface area contributed by atoms with Gasteiger partial charge in [0, 0.05) is 18.0 Å². The molecule has 2 unspecified atom stereocenters. The van der Waals surface area contributed by atoms with Crippen molar-refractivity contribution < 1.29 is 9.59 Å². The molecule has 1 fully saturated rings. The number of carbonyl (C=O) groups excluding carboxylic acids is 2. The van der Waals surface area contributed by atoms with E-state index in [0.29, 0.717) is 18.7 Å². The molecule has 154 valence electrons. The summed E-state index contributed by atoms with van der Waals surface area (Å²) in [5.74, 6) is -0.353. The van der Waals surface area contributed by atoms with Gasteiger partial charge < -0.3 is 21.7 Å². The molecule has 4 rings (SSSR count). The molecule has 2 atom stereocenters. The van der Waals surface area contributed by atoms with Crippen molar-refractivity contribution in [2.75, 3.05) is 18.4 Å². The third kappa shape index (κ3) is 4.82. The van der Waals surface area contributed by atoms with Gasteiger partial charge in [-0.2, -0.15) is 0 Å². The molecule has 2 amide bonds. The maximum atomic E-state index is 12.6. The lowest BCUT2D eigenvalue weighted by atomic mass is 10.0. The van der Waals surface area contributed by atoms with Crippen LogP contribution in [-0.2, 0) is 16.0 Å². The topological polar surface area (TPSA) is 109 Å². The van der Waals surface area contributed by atoms with E-state index < -0.39 is 0 Å². The number of benzene rings is 2. The van der Waals surface area contributed by atoms with Crippen molar-refractivity contribution in [1.82, 2.24) is 15.6 Å². The Balaban J connectivity index is 1.43. The van der Waals surface area contributed by atoms with Gasteiger partial charge in [-0.25, -0.2) is 0 Å². The number of anilines is 1. The van der Waals surface area contributed by atoms with Gasteiger partial charge in [-0.15, -0.1) is 0 Å². The third-order valence-electron chi connectivity index (χ3n) is 5.26. The molecule has 2 heterocycles. The van der Waals surface area contributed by atoms with Gasteiger partial charge in [0.15, 0.2) is 0 Å². The number of nitrogens with two attached hydrogens (primary N) is 1. The summed E-state index contributed by atoms with van der Waals surface area (Å²) in [6.07, 6.45) is 3.04. The van der Waals surface area contributed by atoms with E-state index in [2.05, 4.69) is 45.2 Å². The normalized spacial score (nSPS) is 18.3. The number of amides is 2. The second-order valence-electron chi connectivity index (χ2n) is 7.57. The summed E-state index contributed by atoms with van der Waals surface area (Å²) in [7, 11) is 0. The summed E-state index contributed by atoms with van der Waals surface area (Å²) in [4.78, 5) is 28.5. The van der Waals surface area contributed by atoms with E-state index in [1.807, 2.05) is 30.3 Å². The molecule has 7 heteroatoms. The lowest BCUT2D eigenvalue weighted by Crippen LogP contribution is -2.39. The zero-order valence-corrected chi connectivity index (χ0v) is 16.6. The van der Waals surface area contributed by atoms with Crippen LogP contribution in [0.1, 0.15) is 17.5 Å². The Hall–Kier alpha value is -3.29. The van der Waals surface area contributed by atoms with Crippen molar-refractivity contribution in [3.05, 3.63) is 71.9 Å². The van der Waals surface area contributed by atoms with E-state index in [1.54, 1.807) is 6.20 Å². The average Bonchev–Trinajstić information content (AvgIpc) is 3.23. The van der Waals surface area contributed by atoms with E-state index in [1.165, 1.54) is 11.1 Å². The zero-order valence-electron chi connectivity index (χ0n) is 16.6. The molecule has 1 saturated heterocycles. The maximum absolute atomic E-state index is 12.6. The molecular formula is C23H25N5O2. The highest BCUT2D eigenvalue weighted by Gasteiger charge is 2.30. The Bertz CT molecular complexity index is 1050. The Morgan fingerprint density at radius 2 is 1.93 bits per heavy atom. The van der Waals surface area contributed by atoms with Gasteiger partial charge in [0.2, 0.25) is 11.8 Å². The lowest BCUT2D eigenvalue weighted by molar-refractivity contribution is -0.121. The molecule has 0 bridgehead atoms. The molecule has 1 aliphatic heterocycles. The Labute approximate surface area is 175 Å². The van der Waals surface area contributed by atoms with Gasteiger partial charge in [0.1, 0.15) is 0 Å². The van der Waals surface area contributed by atoms with E-state index in [0.717, 1.165) is 17.3 Å². The fraction of sp³-hybridized carbons (Fsp3) is 0.261. The molecule has 0 aliphatic carbocycles. The molecule has 0 radical (unpaired) electrons. The van der Waals surface area contributed by atoms with Crippen LogP contribution < -0.4 is 21.7 Å². The summed E-state index contributed by atoms with van der Waals surface area (Å²) in [6, 6.07) is 18.0. The molecule has 0 saturated carbocycles. The standard InChI is InChI=1S/C23H25N5O2/c24-12-22(29)27-19-11-21(26-14-19)23(30)28-18-10-17-9-16(6-7-20(17)25-13-18)8-15-4-2-1-3-5-15/h1-7,9-10,13,19,21,26H,8,11-12,14,24H2,(H,27,29)(H,28,30). The van der Waals surface area contributed by atoms with Crippen molar-refractivity contribution in [1.29, 1.82) is 0 Å². The summed E-state index contributed by atoms with van der Waals surface area (Å²) < 4.78 is 0. The van der Waals surface area contributed by atoms with Gasteiger partial charge in [-0.1, -0.05) is 36.4 Å². The molecule has 5 N–H and O–H groups in total. The van der Waals surface area contributed by atoms with Crippen LogP contribution in [0.2, 0.25) is 0 Å². The molecule has 3 aromatic rings. The highest BCUT2D eigenvalue weighted by atomic mass is 16.2. The first-order valence-corrected chi connectivity index (χ1v) is 10.1. The number of hydrogen-bond donors (Lipinski definition) is 4. The van der Waals surface area contributed by atoms with Gasteiger partial charge in [0.25, 0.3) is 0 Å². The number of hydrogen-bond acceptors (Lipinski definition) is 5. The molecule has 1 aromatic heterocycles. The molecule has 0 spiro atoms. The molecule has 1 aliphatic rings. The second kappa shape index (κ2) is 9.02. The SMILES string of the molecule is NCC(=O)NC1CNC(C(=O)Nc2cnc3ccc(Cc4ccccc4)cc3c2)C1. The number of rotatable bonds is 6. The first-order valence-electron chi connectivity index (χ1n) is 10.1. The molecule has 7 nitrogen and oxygen atoms in total. The predicted molar refractivity (Wildman–Crippen MR) is 117 cm³/mol. The number of fused-ring (bicyclic) bond motifs is 1. The van der Waals surface area contributed by atoms with Gasteiger partial charge in [0.05, 0.1) is 30.0 Å². The number of pyridine rings is 1. The summed E-state index contributed by atoms with van der Waals surface area (Å²) in [5, 5.41) is 9.86. The quantitative estimate of drug-likeness (QED) is 0.500. The molecule has 2 aromatic carbocycles. The van der Waals surface area contributed by atoms with Crippen molar-refractivity contribution in [3.63, 3.8) is 0 Å². The van der Waals surface area contributed by atoms with Crippen LogP contribution >= 0.6 is 0 Å². The Morgan fingerprint density at radius 1 is 1.10 bits per heavy atom. The smallest absolute Gasteiger partial charge is 0.241 e. The van der Waals surface area contributed by atoms with Crippen molar-refractivity contribution in [2.45, 2.75) is 24.9 Å². The van der Waals surface area contributed by atoms with Gasteiger partial charge in [-0.05, 0) is 42.2 Å². The zero-order chi connectivity index (χ0) is 20.9. The van der Waals surface area contributed by atoms with E-state index >= 15 is 0 Å². The lowest BCUT2D eigenvalue weighted by Gasteiger charge is -2.13. The first-order chi connectivity index (χ1) is 14.6. The van der Waals surface area contributed by atoms with Crippen LogP contribution in [0.3, 0.4) is 0 Å². The van der Waals surface area contributed by atoms with E-state index in [9.17, 15) is 9.59 Å². The minimum Gasteiger partial charge on any atom is -0.351 e. The minimum atomic E-state index is -0.367. The van der Waals surface area contributed by atoms with E-state index in [-0.39, 0.29) is 30.4 Å². The minimum absolute atomic E-state index is 0.0532. The van der Waals surface area contributed by atoms with Crippen LogP contribution in [0, 0.1) is 0 Å².